The van der Waals surface area contributed by atoms with Gasteiger partial charge in [0.15, 0.2) is 0 Å². The summed E-state index contributed by atoms with van der Waals surface area (Å²) in [7, 11) is 4.76. The molecule has 1 nitrogen and oxygen atoms in total. The Hall–Kier alpha value is 0.310. The van der Waals surface area contributed by atoms with E-state index < -0.39 is 0 Å². The summed E-state index contributed by atoms with van der Waals surface area (Å²) in [6, 6.07) is 0. The Morgan fingerprint density at radius 1 is 1.12 bits per heavy atom. The molecule has 1 saturated heterocycles. The van der Waals surface area contributed by atoms with Gasteiger partial charge in [-0.05, 0) is 11.8 Å². The van der Waals surface area contributed by atoms with E-state index in [2.05, 4.69) is 48.7 Å². The number of quaternary nitrogens is 1. The standard InChI is InChI=1S/C15H31NS/c1-8-14(2,3)13-11-16(6,7)10-12(13)9-15(4,5)17/h12-13H,8-11H2,1-7H3/p+1. The Labute approximate surface area is 114 Å². The summed E-state index contributed by atoms with van der Waals surface area (Å²) < 4.78 is 1.35. The molecule has 17 heavy (non-hydrogen) atoms. The zero-order valence-electron chi connectivity index (χ0n) is 12.9. The maximum Gasteiger partial charge on any atom is 0.0821 e. The summed E-state index contributed by atoms with van der Waals surface area (Å²) in [6.45, 7) is 14.4. The van der Waals surface area contributed by atoms with Gasteiger partial charge in [0.1, 0.15) is 0 Å². The summed E-state index contributed by atoms with van der Waals surface area (Å²) >= 11 is 4.75. The molecule has 1 heterocycles. The van der Waals surface area contributed by atoms with Crippen LogP contribution in [-0.4, -0.2) is 36.4 Å². The molecule has 0 amide bonds. The maximum absolute atomic E-state index is 4.75. The van der Waals surface area contributed by atoms with Crippen LogP contribution in [0.1, 0.15) is 47.5 Å². The van der Waals surface area contributed by atoms with Crippen LogP contribution in [0.2, 0.25) is 0 Å². The lowest BCUT2D eigenvalue weighted by molar-refractivity contribution is -0.881. The van der Waals surface area contributed by atoms with Gasteiger partial charge in [-0.15, -0.1) is 0 Å². The third-order valence-electron chi connectivity index (χ3n) is 4.67. The van der Waals surface area contributed by atoms with Crippen LogP contribution < -0.4 is 0 Å². The topological polar surface area (TPSA) is 0 Å². The number of rotatable bonds is 4. The van der Waals surface area contributed by atoms with Gasteiger partial charge in [0.05, 0.1) is 27.2 Å². The van der Waals surface area contributed by atoms with Gasteiger partial charge in [0.2, 0.25) is 0 Å². The van der Waals surface area contributed by atoms with Gasteiger partial charge in [-0.2, -0.15) is 12.6 Å². The van der Waals surface area contributed by atoms with Crippen molar-refractivity contribution < 1.29 is 4.48 Å². The molecule has 2 heteroatoms. The Morgan fingerprint density at radius 2 is 1.65 bits per heavy atom. The molecule has 1 aliphatic heterocycles. The third kappa shape index (κ3) is 4.17. The highest BCUT2D eigenvalue weighted by Gasteiger charge is 2.47. The fourth-order valence-electron chi connectivity index (χ4n) is 3.51. The van der Waals surface area contributed by atoms with Crippen molar-refractivity contribution in [1.82, 2.24) is 0 Å². The van der Waals surface area contributed by atoms with Crippen LogP contribution in [0.5, 0.6) is 0 Å². The van der Waals surface area contributed by atoms with E-state index in [0.29, 0.717) is 5.41 Å². The Kier molecular flexibility index (Phi) is 4.31. The first-order valence-electron chi connectivity index (χ1n) is 7.01. The monoisotopic (exact) mass is 258 g/mol. The SMILES string of the molecule is CCC(C)(C)C1C[N+](C)(C)CC1CC(C)(C)S. The van der Waals surface area contributed by atoms with Crippen molar-refractivity contribution in [2.75, 3.05) is 27.2 Å². The molecule has 0 aromatic rings. The van der Waals surface area contributed by atoms with Gasteiger partial charge >= 0.3 is 0 Å². The Bertz CT molecular complexity index is 263. The summed E-state index contributed by atoms with van der Waals surface area (Å²) in [5.41, 5.74) is 0.468. The molecule has 0 N–H and O–H groups in total. The van der Waals surface area contributed by atoms with Crippen molar-refractivity contribution in [1.29, 1.82) is 0 Å². The van der Waals surface area contributed by atoms with Crippen molar-refractivity contribution in [2.45, 2.75) is 52.2 Å². The predicted molar refractivity (Wildman–Crippen MR) is 80.6 cm³/mol. The highest BCUT2D eigenvalue weighted by Crippen LogP contribution is 2.45. The van der Waals surface area contributed by atoms with E-state index in [1.165, 1.54) is 30.4 Å². The van der Waals surface area contributed by atoms with E-state index in [1.54, 1.807) is 0 Å². The number of hydrogen-bond donors (Lipinski definition) is 1. The van der Waals surface area contributed by atoms with E-state index in [0.717, 1.165) is 11.8 Å². The summed E-state index contributed by atoms with van der Waals surface area (Å²) in [5.74, 6) is 1.67. The smallest absolute Gasteiger partial charge is 0.0821 e. The van der Waals surface area contributed by atoms with Gasteiger partial charge in [-0.1, -0.05) is 41.0 Å². The summed E-state index contributed by atoms with van der Waals surface area (Å²) in [5, 5.41) is 0. The molecular weight excluding hydrogens is 226 g/mol. The molecule has 0 aromatic heterocycles. The van der Waals surface area contributed by atoms with Crippen LogP contribution in [0, 0.1) is 17.3 Å². The highest BCUT2D eigenvalue weighted by atomic mass is 32.1. The van der Waals surface area contributed by atoms with E-state index in [4.69, 9.17) is 12.6 Å². The second-order valence-electron chi connectivity index (χ2n) is 8.03. The molecule has 0 aromatic carbocycles. The number of thiol groups is 1. The quantitative estimate of drug-likeness (QED) is 0.575. The number of likely N-dealkylation sites (tertiary alicyclic amines) is 1. The van der Waals surface area contributed by atoms with Crippen molar-refractivity contribution in [3.05, 3.63) is 0 Å². The molecule has 2 unspecified atom stereocenters. The van der Waals surface area contributed by atoms with Crippen molar-refractivity contribution in [3.8, 4) is 0 Å². The van der Waals surface area contributed by atoms with Crippen LogP contribution in [0.15, 0.2) is 0 Å². The summed E-state index contributed by atoms with van der Waals surface area (Å²) in [4.78, 5) is 0. The molecule has 0 radical (unpaired) electrons. The van der Waals surface area contributed by atoms with Gasteiger partial charge in [0, 0.05) is 16.6 Å². The minimum atomic E-state index is 0.164. The minimum absolute atomic E-state index is 0.164. The zero-order chi connectivity index (χ0) is 13.5. The molecule has 0 spiro atoms. The fourth-order valence-corrected chi connectivity index (χ4v) is 3.75. The molecule has 0 saturated carbocycles. The van der Waals surface area contributed by atoms with Gasteiger partial charge in [-0.25, -0.2) is 0 Å². The number of nitrogens with zero attached hydrogens (tertiary/aromatic N) is 1. The molecule has 1 rings (SSSR count). The van der Waals surface area contributed by atoms with Crippen LogP contribution in [-0.2, 0) is 0 Å². The van der Waals surface area contributed by atoms with E-state index in [-0.39, 0.29) is 4.75 Å². The fraction of sp³-hybridized carbons (Fsp3) is 1.00. The molecule has 102 valence electrons. The van der Waals surface area contributed by atoms with Crippen LogP contribution in [0.4, 0.5) is 0 Å². The third-order valence-corrected chi connectivity index (χ3v) is 4.85. The highest BCUT2D eigenvalue weighted by molar-refractivity contribution is 7.81. The lowest BCUT2D eigenvalue weighted by atomic mass is 9.70. The van der Waals surface area contributed by atoms with Crippen LogP contribution in [0.3, 0.4) is 0 Å². The first kappa shape index (κ1) is 15.4. The normalized spacial score (nSPS) is 29.6. The molecule has 0 aliphatic carbocycles. The average Bonchev–Trinajstić information content (AvgIpc) is 2.38. The predicted octanol–water partition coefficient (Wildman–Crippen LogP) is 3.84. The second-order valence-corrected chi connectivity index (χ2v) is 9.24. The molecule has 1 fully saturated rings. The molecule has 0 bridgehead atoms. The van der Waals surface area contributed by atoms with Crippen molar-refractivity contribution in [2.24, 2.45) is 17.3 Å². The average molecular weight is 258 g/mol. The van der Waals surface area contributed by atoms with Crippen LogP contribution >= 0.6 is 12.6 Å². The van der Waals surface area contributed by atoms with E-state index in [1.807, 2.05) is 0 Å². The van der Waals surface area contributed by atoms with Crippen LogP contribution in [0.25, 0.3) is 0 Å². The first-order valence-corrected chi connectivity index (χ1v) is 7.46. The molecule has 2 atom stereocenters. The number of hydrogen-bond acceptors (Lipinski definition) is 1. The molecular formula is C15H32NS+. The van der Waals surface area contributed by atoms with Crippen molar-refractivity contribution in [3.63, 3.8) is 0 Å². The van der Waals surface area contributed by atoms with E-state index in [9.17, 15) is 0 Å². The molecule has 1 aliphatic rings. The van der Waals surface area contributed by atoms with Crippen molar-refractivity contribution >= 4 is 12.6 Å². The Morgan fingerprint density at radius 3 is 2.06 bits per heavy atom. The Balaban J connectivity index is 2.86. The van der Waals surface area contributed by atoms with Gasteiger partial charge in [-0.3, -0.25) is 0 Å². The van der Waals surface area contributed by atoms with E-state index >= 15 is 0 Å². The lowest BCUT2D eigenvalue weighted by Gasteiger charge is -2.34. The minimum Gasteiger partial charge on any atom is -0.328 e. The van der Waals surface area contributed by atoms with Gasteiger partial charge in [0.25, 0.3) is 0 Å². The second kappa shape index (κ2) is 4.77. The first-order chi connectivity index (χ1) is 7.47. The zero-order valence-corrected chi connectivity index (χ0v) is 13.8. The maximum atomic E-state index is 4.75. The lowest BCUT2D eigenvalue weighted by Crippen LogP contribution is -2.38. The summed E-state index contributed by atoms with van der Waals surface area (Å²) in [6.07, 6.45) is 2.52. The van der Waals surface area contributed by atoms with Gasteiger partial charge < -0.3 is 4.48 Å². The largest absolute Gasteiger partial charge is 0.328 e.